The maximum absolute atomic E-state index is 12.8. The van der Waals surface area contributed by atoms with Crippen molar-refractivity contribution in [3.63, 3.8) is 0 Å². The van der Waals surface area contributed by atoms with Crippen LogP contribution in [0.15, 0.2) is 29.1 Å². The van der Waals surface area contributed by atoms with E-state index >= 15 is 0 Å². The van der Waals surface area contributed by atoms with Crippen molar-refractivity contribution in [1.29, 1.82) is 0 Å². The van der Waals surface area contributed by atoms with Gasteiger partial charge in [0.15, 0.2) is 5.69 Å². The molecule has 0 spiro atoms. The highest BCUT2D eigenvalue weighted by atomic mass is 19.1. The van der Waals surface area contributed by atoms with E-state index < -0.39 is 17.2 Å². The van der Waals surface area contributed by atoms with E-state index in [2.05, 4.69) is 10.3 Å². The number of rotatable bonds is 4. The van der Waals surface area contributed by atoms with Gasteiger partial charge in [-0.15, -0.1) is 0 Å². The lowest BCUT2D eigenvalue weighted by Gasteiger charge is -2.10. The molecule has 7 heteroatoms. The van der Waals surface area contributed by atoms with Crippen LogP contribution in [0.1, 0.15) is 28.8 Å². The highest BCUT2D eigenvalue weighted by Crippen LogP contribution is 2.10. The first kappa shape index (κ1) is 15.7. The summed E-state index contributed by atoms with van der Waals surface area (Å²) < 4.78 is 14.0. The topological polar surface area (TPSA) is 84.2 Å². The third kappa shape index (κ3) is 3.13. The van der Waals surface area contributed by atoms with E-state index in [1.165, 1.54) is 35.9 Å². The van der Waals surface area contributed by atoms with E-state index in [1.54, 1.807) is 6.92 Å². The fourth-order valence-corrected chi connectivity index (χ4v) is 1.98. The number of amides is 1. The van der Waals surface area contributed by atoms with Crippen LogP contribution in [-0.2, 0) is 20.0 Å². The van der Waals surface area contributed by atoms with E-state index in [-0.39, 0.29) is 18.1 Å². The Bertz CT molecular complexity index is 754. The van der Waals surface area contributed by atoms with Gasteiger partial charge in [0.25, 0.3) is 11.5 Å². The third-order valence-corrected chi connectivity index (χ3v) is 3.26. The molecule has 0 fully saturated rings. The van der Waals surface area contributed by atoms with Gasteiger partial charge in [0.05, 0.1) is 0 Å². The second-order valence-corrected chi connectivity index (χ2v) is 4.75. The van der Waals surface area contributed by atoms with Crippen molar-refractivity contribution in [1.82, 2.24) is 14.9 Å². The molecule has 0 radical (unpaired) electrons. The minimum absolute atomic E-state index is 0.136. The molecule has 0 aliphatic heterocycles. The molecule has 0 saturated heterocycles. The average molecular weight is 305 g/mol. The molecule has 0 atom stereocenters. The highest BCUT2D eigenvalue weighted by molar-refractivity contribution is 5.94. The van der Waals surface area contributed by atoms with Crippen LogP contribution in [-0.4, -0.2) is 20.6 Å². The van der Waals surface area contributed by atoms with Gasteiger partial charge in [-0.05, 0) is 17.7 Å². The number of carbonyl (C=O) groups is 1. The van der Waals surface area contributed by atoms with E-state index in [4.69, 9.17) is 0 Å². The maximum atomic E-state index is 12.8. The molecular weight excluding hydrogens is 289 g/mol. The van der Waals surface area contributed by atoms with E-state index in [0.29, 0.717) is 17.8 Å². The molecule has 0 saturated carbocycles. The number of benzene rings is 1. The van der Waals surface area contributed by atoms with Gasteiger partial charge in [-0.25, -0.2) is 9.37 Å². The Morgan fingerprint density at radius 2 is 2.00 bits per heavy atom. The summed E-state index contributed by atoms with van der Waals surface area (Å²) in [5.74, 6) is -1.31. The van der Waals surface area contributed by atoms with Crippen molar-refractivity contribution >= 4 is 5.91 Å². The maximum Gasteiger partial charge on any atom is 0.296 e. The zero-order chi connectivity index (χ0) is 16.3. The third-order valence-electron chi connectivity index (χ3n) is 3.26. The standard InChI is InChI=1S/C15H16FN3O3/c1-3-11-18-12(13(20)15(22)19(11)2)14(21)17-8-9-4-6-10(16)7-5-9/h4-7,20H,3,8H2,1-2H3,(H,17,21). The molecule has 0 aliphatic rings. The molecule has 0 bridgehead atoms. The average Bonchev–Trinajstić information content (AvgIpc) is 2.52. The van der Waals surface area contributed by atoms with Crippen molar-refractivity contribution in [2.45, 2.75) is 19.9 Å². The largest absolute Gasteiger partial charge is 0.501 e. The monoisotopic (exact) mass is 305 g/mol. The van der Waals surface area contributed by atoms with Crippen molar-refractivity contribution in [2.24, 2.45) is 7.05 Å². The number of hydrogen-bond donors (Lipinski definition) is 2. The Kier molecular flexibility index (Phi) is 4.55. The Balaban J connectivity index is 2.21. The summed E-state index contributed by atoms with van der Waals surface area (Å²) in [4.78, 5) is 27.9. The van der Waals surface area contributed by atoms with Gasteiger partial charge >= 0.3 is 0 Å². The molecular formula is C15H16FN3O3. The molecule has 2 N–H and O–H groups in total. The van der Waals surface area contributed by atoms with Crippen LogP contribution in [0.2, 0.25) is 0 Å². The zero-order valence-corrected chi connectivity index (χ0v) is 12.3. The van der Waals surface area contributed by atoms with E-state index in [1.807, 2.05) is 0 Å². The summed E-state index contributed by atoms with van der Waals surface area (Å²) >= 11 is 0. The van der Waals surface area contributed by atoms with Crippen molar-refractivity contribution < 1.29 is 14.3 Å². The van der Waals surface area contributed by atoms with E-state index in [0.717, 1.165) is 0 Å². The second kappa shape index (κ2) is 6.38. The lowest BCUT2D eigenvalue weighted by Crippen LogP contribution is -2.30. The van der Waals surface area contributed by atoms with Crippen LogP contribution in [0.3, 0.4) is 0 Å². The zero-order valence-electron chi connectivity index (χ0n) is 12.3. The van der Waals surface area contributed by atoms with E-state index in [9.17, 15) is 19.1 Å². The minimum atomic E-state index is -0.684. The fourth-order valence-electron chi connectivity index (χ4n) is 1.98. The Hall–Kier alpha value is -2.70. The highest BCUT2D eigenvalue weighted by Gasteiger charge is 2.19. The molecule has 0 unspecified atom stereocenters. The molecule has 1 aromatic heterocycles. The van der Waals surface area contributed by atoms with Crippen LogP contribution in [0.5, 0.6) is 5.75 Å². The number of aromatic nitrogens is 2. The van der Waals surface area contributed by atoms with Gasteiger partial charge in [-0.1, -0.05) is 19.1 Å². The summed E-state index contributed by atoms with van der Waals surface area (Å²) in [6, 6.07) is 5.63. The first-order valence-corrected chi connectivity index (χ1v) is 6.75. The predicted molar refractivity (Wildman–Crippen MR) is 78.1 cm³/mol. The number of nitrogens with zero attached hydrogens (tertiary/aromatic N) is 2. The normalized spacial score (nSPS) is 10.5. The predicted octanol–water partition coefficient (Wildman–Crippen LogP) is 1.12. The number of halogens is 1. The summed E-state index contributed by atoms with van der Waals surface area (Å²) in [5.41, 5.74) is -0.283. The number of hydrogen-bond acceptors (Lipinski definition) is 4. The second-order valence-electron chi connectivity index (χ2n) is 4.75. The van der Waals surface area contributed by atoms with Crippen molar-refractivity contribution in [3.8, 4) is 5.75 Å². The molecule has 6 nitrogen and oxygen atoms in total. The fraction of sp³-hybridized carbons (Fsp3) is 0.267. The molecule has 0 aliphatic carbocycles. The Labute approximate surface area is 126 Å². The number of nitrogens with one attached hydrogen (secondary N) is 1. The molecule has 2 rings (SSSR count). The molecule has 116 valence electrons. The molecule has 1 amide bonds. The number of aryl methyl sites for hydroxylation is 1. The van der Waals surface area contributed by atoms with Gasteiger partial charge < -0.3 is 10.4 Å². The smallest absolute Gasteiger partial charge is 0.296 e. The molecule has 1 aromatic carbocycles. The number of aromatic hydroxyl groups is 1. The first-order valence-electron chi connectivity index (χ1n) is 6.75. The SMILES string of the molecule is CCc1nc(C(=O)NCc2ccc(F)cc2)c(O)c(=O)n1C. The summed E-state index contributed by atoms with van der Waals surface area (Å²) in [6.45, 7) is 1.93. The minimum Gasteiger partial charge on any atom is -0.501 e. The quantitative estimate of drug-likeness (QED) is 0.886. The first-order chi connectivity index (χ1) is 10.4. The summed E-state index contributed by atoms with van der Waals surface area (Å²) in [7, 11) is 1.48. The lowest BCUT2D eigenvalue weighted by atomic mass is 10.2. The van der Waals surface area contributed by atoms with Crippen LogP contribution in [0.25, 0.3) is 0 Å². The molecule has 2 aromatic rings. The summed E-state index contributed by atoms with van der Waals surface area (Å²) in [6.07, 6.45) is 0.449. The Morgan fingerprint density at radius 3 is 2.59 bits per heavy atom. The van der Waals surface area contributed by atoms with Gasteiger partial charge in [-0.3, -0.25) is 14.2 Å². The van der Waals surface area contributed by atoms with Crippen molar-refractivity contribution in [2.75, 3.05) is 0 Å². The van der Waals surface area contributed by atoms with Crippen LogP contribution < -0.4 is 10.9 Å². The van der Waals surface area contributed by atoms with Crippen molar-refractivity contribution in [3.05, 3.63) is 57.5 Å². The van der Waals surface area contributed by atoms with Gasteiger partial charge in [0, 0.05) is 20.0 Å². The molecule has 1 heterocycles. The molecule has 22 heavy (non-hydrogen) atoms. The summed E-state index contributed by atoms with van der Waals surface area (Å²) in [5, 5.41) is 12.3. The van der Waals surface area contributed by atoms with Crippen LogP contribution in [0.4, 0.5) is 4.39 Å². The number of carbonyl (C=O) groups excluding carboxylic acids is 1. The van der Waals surface area contributed by atoms with Gasteiger partial charge in [0.1, 0.15) is 11.6 Å². The lowest BCUT2D eigenvalue weighted by molar-refractivity contribution is 0.0941. The van der Waals surface area contributed by atoms with Crippen LogP contribution >= 0.6 is 0 Å². The van der Waals surface area contributed by atoms with Gasteiger partial charge in [-0.2, -0.15) is 0 Å². The Morgan fingerprint density at radius 1 is 1.36 bits per heavy atom. The van der Waals surface area contributed by atoms with Crippen LogP contribution in [0, 0.1) is 5.82 Å². The van der Waals surface area contributed by atoms with Gasteiger partial charge in [0.2, 0.25) is 5.75 Å².